The maximum absolute atomic E-state index is 10.9. The van der Waals surface area contributed by atoms with Crippen molar-refractivity contribution in [2.45, 2.75) is 63.1 Å². The highest BCUT2D eigenvalue weighted by atomic mass is 79.9. The Balaban J connectivity index is 1.52. The van der Waals surface area contributed by atoms with E-state index < -0.39 is 5.60 Å². The Bertz CT molecular complexity index is 589. The fourth-order valence-electron chi connectivity index (χ4n) is 5.69. The topological polar surface area (TPSA) is 41.5 Å². The van der Waals surface area contributed by atoms with Crippen LogP contribution in [-0.4, -0.2) is 22.9 Å². The molecule has 126 valence electrons. The molecule has 0 radical (unpaired) electrons. The largest absolute Gasteiger partial charge is 0.494 e. The summed E-state index contributed by atoms with van der Waals surface area (Å²) in [6.45, 7) is 3.52. The van der Waals surface area contributed by atoms with Gasteiger partial charge in [-0.15, -0.1) is 0 Å². The number of rotatable bonds is 5. The van der Waals surface area contributed by atoms with E-state index in [9.17, 15) is 5.11 Å². The Morgan fingerprint density at radius 3 is 2.65 bits per heavy atom. The van der Waals surface area contributed by atoms with Gasteiger partial charge in [0, 0.05) is 22.1 Å². The molecule has 1 aromatic carbocycles. The molecule has 0 aliphatic heterocycles. The molecule has 4 aliphatic rings. The zero-order chi connectivity index (χ0) is 16.1. The standard InChI is InChI=1S/C19H26BrNO2/c1-2-23-17-4-3-16(20)6-15(17)11-21-18-7-13-5-14(8-18)10-19(22,9-13)12-18/h3-4,6,13-14,21-22H,2,5,7-12H2,1H3/t13-,14+,18?,19?. The van der Waals surface area contributed by atoms with Gasteiger partial charge in [0.2, 0.25) is 0 Å². The van der Waals surface area contributed by atoms with E-state index in [2.05, 4.69) is 27.3 Å². The van der Waals surface area contributed by atoms with Crippen LogP contribution < -0.4 is 10.1 Å². The maximum Gasteiger partial charge on any atom is 0.123 e. The SMILES string of the molecule is CCOc1ccc(Br)cc1CNC12C[C@@H]3C[C@@H](CC(O)(C3)C1)C2. The van der Waals surface area contributed by atoms with Crippen molar-refractivity contribution in [1.82, 2.24) is 5.32 Å². The van der Waals surface area contributed by atoms with E-state index in [1.807, 2.05) is 19.1 Å². The minimum Gasteiger partial charge on any atom is -0.494 e. The van der Waals surface area contributed by atoms with Crippen molar-refractivity contribution in [3.8, 4) is 5.75 Å². The van der Waals surface area contributed by atoms with Crippen LogP contribution in [0.4, 0.5) is 0 Å². The molecular weight excluding hydrogens is 354 g/mol. The van der Waals surface area contributed by atoms with Gasteiger partial charge in [-0.25, -0.2) is 0 Å². The Morgan fingerprint density at radius 1 is 1.26 bits per heavy atom. The van der Waals surface area contributed by atoms with Crippen molar-refractivity contribution in [2.75, 3.05) is 6.61 Å². The Morgan fingerprint density at radius 2 is 2.00 bits per heavy atom. The van der Waals surface area contributed by atoms with Crippen molar-refractivity contribution in [3.63, 3.8) is 0 Å². The maximum atomic E-state index is 10.9. The zero-order valence-electron chi connectivity index (χ0n) is 13.8. The van der Waals surface area contributed by atoms with Crippen LogP contribution in [0.3, 0.4) is 0 Å². The minimum absolute atomic E-state index is 0.130. The van der Waals surface area contributed by atoms with E-state index in [0.717, 1.165) is 36.0 Å². The number of nitrogens with one attached hydrogen (secondary N) is 1. The first-order chi connectivity index (χ1) is 11.0. The summed E-state index contributed by atoms with van der Waals surface area (Å²) in [7, 11) is 0. The van der Waals surface area contributed by atoms with Crippen molar-refractivity contribution < 1.29 is 9.84 Å². The van der Waals surface area contributed by atoms with Crippen molar-refractivity contribution in [3.05, 3.63) is 28.2 Å². The molecule has 4 heteroatoms. The predicted molar refractivity (Wildman–Crippen MR) is 94.5 cm³/mol. The smallest absolute Gasteiger partial charge is 0.123 e. The number of hydrogen-bond donors (Lipinski definition) is 2. The quantitative estimate of drug-likeness (QED) is 0.811. The van der Waals surface area contributed by atoms with Gasteiger partial charge < -0.3 is 15.2 Å². The molecule has 0 spiro atoms. The summed E-state index contributed by atoms with van der Waals surface area (Å²) >= 11 is 3.57. The fourth-order valence-corrected chi connectivity index (χ4v) is 6.09. The van der Waals surface area contributed by atoms with Gasteiger partial charge in [0.25, 0.3) is 0 Å². The monoisotopic (exact) mass is 379 g/mol. The van der Waals surface area contributed by atoms with Crippen LogP contribution in [0.5, 0.6) is 5.75 Å². The van der Waals surface area contributed by atoms with Crippen LogP contribution in [0.15, 0.2) is 22.7 Å². The Labute approximate surface area is 146 Å². The first kappa shape index (κ1) is 15.9. The fraction of sp³-hybridized carbons (Fsp3) is 0.684. The second-order valence-corrected chi connectivity index (χ2v) is 8.92. The van der Waals surface area contributed by atoms with Gasteiger partial charge in [-0.3, -0.25) is 0 Å². The highest BCUT2D eigenvalue weighted by Gasteiger charge is 2.56. The summed E-state index contributed by atoms with van der Waals surface area (Å²) in [6.07, 6.45) is 6.74. The molecule has 4 atom stereocenters. The second kappa shape index (κ2) is 5.75. The third-order valence-electron chi connectivity index (χ3n) is 6.01. The molecular formula is C19H26BrNO2. The lowest BCUT2D eigenvalue weighted by molar-refractivity contribution is -0.142. The molecule has 4 saturated carbocycles. The molecule has 2 unspecified atom stereocenters. The Hall–Kier alpha value is -0.580. The molecule has 0 aromatic heterocycles. The lowest BCUT2D eigenvalue weighted by Gasteiger charge is -2.60. The summed E-state index contributed by atoms with van der Waals surface area (Å²) in [5, 5.41) is 14.7. The van der Waals surface area contributed by atoms with Gasteiger partial charge in [-0.1, -0.05) is 15.9 Å². The van der Waals surface area contributed by atoms with E-state index >= 15 is 0 Å². The van der Waals surface area contributed by atoms with E-state index in [1.54, 1.807) is 0 Å². The molecule has 0 heterocycles. The molecule has 23 heavy (non-hydrogen) atoms. The average molecular weight is 380 g/mol. The Kier molecular flexibility index (Phi) is 3.98. The van der Waals surface area contributed by atoms with E-state index in [0.29, 0.717) is 18.4 Å². The van der Waals surface area contributed by atoms with Crippen LogP contribution >= 0.6 is 15.9 Å². The van der Waals surface area contributed by atoms with E-state index in [4.69, 9.17) is 4.74 Å². The third kappa shape index (κ3) is 3.06. The van der Waals surface area contributed by atoms with Crippen LogP contribution in [0.1, 0.15) is 51.0 Å². The van der Waals surface area contributed by atoms with Gasteiger partial charge in [0.15, 0.2) is 0 Å². The number of hydrogen-bond acceptors (Lipinski definition) is 3. The van der Waals surface area contributed by atoms with Gasteiger partial charge in [-0.2, -0.15) is 0 Å². The molecule has 1 aromatic rings. The first-order valence-corrected chi connectivity index (χ1v) is 9.67. The average Bonchev–Trinajstić information content (AvgIpc) is 2.45. The molecule has 2 N–H and O–H groups in total. The molecule has 0 amide bonds. The van der Waals surface area contributed by atoms with E-state index in [-0.39, 0.29) is 5.54 Å². The molecule has 5 rings (SSSR count). The van der Waals surface area contributed by atoms with Gasteiger partial charge >= 0.3 is 0 Å². The lowest BCUT2D eigenvalue weighted by Crippen LogP contribution is -2.64. The molecule has 0 saturated heterocycles. The predicted octanol–water partition coefficient (Wildman–Crippen LogP) is 4.02. The van der Waals surface area contributed by atoms with Gasteiger partial charge in [0.1, 0.15) is 5.75 Å². The normalized spacial score (nSPS) is 38.0. The number of aliphatic hydroxyl groups is 1. The minimum atomic E-state index is -0.406. The lowest BCUT2D eigenvalue weighted by atomic mass is 9.51. The van der Waals surface area contributed by atoms with Crippen LogP contribution in [-0.2, 0) is 6.54 Å². The highest BCUT2D eigenvalue weighted by molar-refractivity contribution is 9.10. The van der Waals surface area contributed by atoms with Crippen molar-refractivity contribution in [2.24, 2.45) is 11.8 Å². The van der Waals surface area contributed by atoms with Gasteiger partial charge in [-0.05, 0) is 75.5 Å². The number of ether oxygens (including phenoxy) is 1. The summed E-state index contributed by atoms with van der Waals surface area (Å²) < 4.78 is 6.86. The van der Waals surface area contributed by atoms with Crippen LogP contribution in [0.25, 0.3) is 0 Å². The summed E-state index contributed by atoms with van der Waals surface area (Å²) in [4.78, 5) is 0. The summed E-state index contributed by atoms with van der Waals surface area (Å²) in [6, 6.07) is 6.22. The van der Waals surface area contributed by atoms with E-state index in [1.165, 1.54) is 24.8 Å². The zero-order valence-corrected chi connectivity index (χ0v) is 15.4. The molecule has 4 fully saturated rings. The highest BCUT2D eigenvalue weighted by Crippen LogP contribution is 2.57. The molecule has 4 bridgehead atoms. The van der Waals surface area contributed by atoms with Gasteiger partial charge in [0.05, 0.1) is 12.2 Å². The van der Waals surface area contributed by atoms with Crippen molar-refractivity contribution >= 4 is 15.9 Å². The molecule has 3 nitrogen and oxygen atoms in total. The molecule has 4 aliphatic carbocycles. The number of benzene rings is 1. The second-order valence-electron chi connectivity index (χ2n) is 8.00. The van der Waals surface area contributed by atoms with Crippen LogP contribution in [0.2, 0.25) is 0 Å². The van der Waals surface area contributed by atoms with Crippen molar-refractivity contribution in [1.29, 1.82) is 0 Å². The summed E-state index contributed by atoms with van der Waals surface area (Å²) in [5.41, 5.74) is 0.922. The van der Waals surface area contributed by atoms with Crippen LogP contribution in [0, 0.1) is 11.8 Å². The summed E-state index contributed by atoms with van der Waals surface area (Å²) in [5.74, 6) is 2.39. The first-order valence-electron chi connectivity index (χ1n) is 8.88. The number of halogens is 1. The third-order valence-corrected chi connectivity index (χ3v) is 6.50.